The first kappa shape index (κ1) is 20.2. The normalized spacial score (nSPS) is 25.0. The molecule has 6 heteroatoms. The van der Waals surface area contributed by atoms with Crippen molar-refractivity contribution in [1.82, 2.24) is 15.2 Å². The number of nitrogens with one attached hydrogen (secondary N) is 1. The molecule has 3 aliphatic rings. The Morgan fingerprint density at radius 3 is 2.61 bits per heavy atom. The van der Waals surface area contributed by atoms with Crippen molar-refractivity contribution in [2.24, 2.45) is 0 Å². The summed E-state index contributed by atoms with van der Waals surface area (Å²) in [5, 5.41) is 4.02. The Hall–Kier alpha value is -3.41. The number of hydrogen-bond donors (Lipinski definition) is 1. The number of para-hydroxylation sites is 1. The molecule has 2 unspecified atom stereocenters. The molecule has 0 bridgehead atoms. The smallest absolute Gasteiger partial charge is 0.325 e. The summed E-state index contributed by atoms with van der Waals surface area (Å²) in [5.74, 6) is 0.549. The maximum atomic E-state index is 13.4. The molecular formula is C27H27N3O3. The van der Waals surface area contributed by atoms with E-state index in [1.807, 2.05) is 60.7 Å². The molecule has 0 radical (unpaired) electrons. The van der Waals surface area contributed by atoms with Gasteiger partial charge in [0.25, 0.3) is 5.91 Å². The number of nitrogens with zero attached hydrogens (tertiary/aromatic N) is 2. The Morgan fingerprint density at radius 2 is 1.79 bits per heavy atom. The van der Waals surface area contributed by atoms with E-state index in [4.69, 9.17) is 9.72 Å². The Kier molecular flexibility index (Phi) is 4.82. The van der Waals surface area contributed by atoms with E-state index in [0.717, 1.165) is 53.6 Å². The zero-order valence-corrected chi connectivity index (χ0v) is 18.5. The lowest BCUT2D eigenvalue weighted by Gasteiger charge is -2.28. The highest BCUT2D eigenvalue weighted by molar-refractivity contribution is 6.10. The first-order valence-corrected chi connectivity index (χ1v) is 11.9. The SMILES string of the molecule is O=C1NC2(CC2c2ccc3cccc(OCc4ccccc4)c3n2)C(=O)N1C1CCCCC1. The van der Waals surface area contributed by atoms with Gasteiger partial charge in [0.05, 0.1) is 0 Å². The van der Waals surface area contributed by atoms with E-state index in [-0.39, 0.29) is 23.9 Å². The van der Waals surface area contributed by atoms with Crippen molar-refractivity contribution in [3.8, 4) is 5.75 Å². The summed E-state index contributed by atoms with van der Waals surface area (Å²) >= 11 is 0. The van der Waals surface area contributed by atoms with Crippen molar-refractivity contribution in [3.05, 3.63) is 71.9 Å². The molecule has 2 saturated carbocycles. The van der Waals surface area contributed by atoms with Crippen LogP contribution < -0.4 is 10.1 Å². The van der Waals surface area contributed by atoms with Gasteiger partial charge in [-0.15, -0.1) is 0 Å². The number of rotatable bonds is 5. The predicted octanol–water partition coefficient (Wildman–Crippen LogP) is 4.92. The van der Waals surface area contributed by atoms with Crippen LogP contribution in [-0.4, -0.2) is 33.4 Å². The lowest BCUT2D eigenvalue weighted by molar-refractivity contribution is -0.130. The second kappa shape index (κ2) is 7.87. The molecule has 33 heavy (non-hydrogen) atoms. The molecule has 2 aromatic carbocycles. The quantitative estimate of drug-likeness (QED) is 0.570. The minimum atomic E-state index is -0.824. The number of urea groups is 1. The van der Waals surface area contributed by atoms with Gasteiger partial charge in [-0.2, -0.15) is 0 Å². The average molecular weight is 442 g/mol. The Morgan fingerprint density at radius 1 is 0.970 bits per heavy atom. The van der Waals surface area contributed by atoms with Gasteiger partial charge in [0, 0.05) is 23.0 Å². The van der Waals surface area contributed by atoms with Crippen LogP contribution in [0, 0.1) is 0 Å². The van der Waals surface area contributed by atoms with E-state index < -0.39 is 5.54 Å². The van der Waals surface area contributed by atoms with Gasteiger partial charge in [0.1, 0.15) is 23.4 Å². The third-order valence-corrected chi connectivity index (χ3v) is 7.35. The molecule has 1 spiro atoms. The minimum Gasteiger partial charge on any atom is -0.487 e. The molecule has 2 heterocycles. The number of benzene rings is 2. The summed E-state index contributed by atoms with van der Waals surface area (Å²) in [6, 6.07) is 19.7. The van der Waals surface area contributed by atoms with E-state index in [1.54, 1.807) is 0 Å². The van der Waals surface area contributed by atoms with Crippen LogP contribution in [0.1, 0.15) is 55.7 Å². The molecule has 1 N–H and O–H groups in total. The summed E-state index contributed by atoms with van der Waals surface area (Å²) in [6.45, 7) is 0.462. The number of fused-ring (bicyclic) bond motifs is 1. The molecule has 1 aromatic heterocycles. The van der Waals surface area contributed by atoms with Gasteiger partial charge in [-0.3, -0.25) is 9.69 Å². The van der Waals surface area contributed by atoms with Crippen molar-refractivity contribution in [3.63, 3.8) is 0 Å². The highest BCUT2D eigenvalue weighted by Gasteiger charge is 2.69. The maximum absolute atomic E-state index is 13.4. The molecule has 3 amide bonds. The van der Waals surface area contributed by atoms with Crippen molar-refractivity contribution < 1.29 is 14.3 Å². The Balaban J connectivity index is 1.25. The van der Waals surface area contributed by atoms with Crippen molar-refractivity contribution in [2.45, 2.75) is 62.6 Å². The van der Waals surface area contributed by atoms with E-state index in [0.29, 0.717) is 13.0 Å². The number of carbonyl (C=O) groups is 2. The van der Waals surface area contributed by atoms with Crippen LogP contribution in [0.3, 0.4) is 0 Å². The molecule has 3 fully saturated rings. The fourth-order valence-electron chi connectivity index (χ4n) is 5.46. The molecule has 2 atom stereocenters. The van der Waals surface area contributed by atoms with Crippen LogP contribution >= 0.6 is 0 Å². The van der Waals surface area contributed by atoms with Crippen LogP contribution in [0.2, 0.25) is 0 Å². The van der Waals surface area contributed by atoms with Gasteiger partial charge in [0.2, 0.25) is 0 Å². The number of amides is 3. The highest BCUT2D eigenvalue weighted by atomic mass is 16.5. The van der Waals surface area contributed by atoms with Gasteiger partial charge in [-0.25, -0.2) is 9.78 Å². The number of hydrogen-bond acceptors (Lipinski definition) is 4. The summed E-state index contributed by atoms with van der Waals surface area (Å²) in [4.78, 5) is 32.5. The van der Waals surface area contributed by atoms with E-state index >= 15 is 0 Å². The largest absolute Gasteiger partial charge is 0.487 e. The van der Waals surface area contributed by atoms with Crippen molar-refractivity contribution in [2.75, 3.05) is 0 Å². The summed E-state index contributed by atoms with van der Waals surface area (Å²) in [6.07, 6.45) is 5.77. The number of pyridine rings is 1. The zero-order chi connectivity index (χ0) is 22.4. The topological polar surface area (TPSA) is 71.5 Å². The lowest BCUT2D eigenvalue weighted by Crippen LogP contribution is -2.42. The maximum Gasteiger partial charge on any atom is 0.325 e. The fourth-order valence-corrected chi connectivity index (χ4v) is 5.46. The molecular weight excluding hydrogens is 414 g/mol. The lowest BCUT2D eigenvalue weighted by atomic mass is 9.94. The van der Waals surface area contributed by atoms with Crippen LogP contribution in [0.5, 0.6) is 5.75 Å². The monoisotopic (exact) mass is 441 g/mol. The van der Waals surface area contributed by atoms with Gasteiger partial charge >= 0.3 is 6.03 Å². The first-order chi connectivity index (χ1) is 16.2. The summed E-state index contributed by atoms with van der Waals surface area (Å²) in [5.41, 5.74) is 1.88. The second-order valence-electron chi connectivity index (χ2n) is 9.46. The van der Waals surface area contributed by atoms with E-state index in [1.165, 1.54) is 11.3 Å². The second-order valence-corrected chi connectivity index (χ2v) is 9.46. The molecule has 1 saturated heterocycles. The standard InChI is InChI=1S/C27H27N3O3/c31-25-27(29-26(32)30(25)20-11-5-2-6-12-20)16-21(27)22-15-14-19-10-7-13-23(24(19)28-22)33-17-18-8-3-1-4-9-18/h1,3-4,7-10,13-15,20-21H,2,5-6,11-12,16-17H2,(H,29,32). The molecule has 6 nitrogen and oxygen atoms in total. The third kappa shape index (κ3) is 3.45. The zero-order valence-electron chi connectivity index (χ0n) is 18.5. The predicted molar refractivity (Wildman–Crippen MR) is 125 cm³/mol. The fraction of sp³-hybridized carbons (Fsp3) is 0.370. The van der Waals surface area contributed by atoms with Gasteiger partial charge in [-0.05, 0) is 37.0 Å². The van der Waals surface area contributed by atoms with Crippen molar-refractivity contribution >= 4 is 22.8 Å². The van der Waals surface area contributed by atoms with Gasteiger partial charge < -0.3 is 10.1 Å². The highest BCUT2D eigenvalue weighted by Crippen LogP contribution is 2.55. The van der Waals surface area contributed by atoms with Gasteiger partial charge in [-0.1, -0.05) is 67.8 Å². The molecule has 3 aromatic rings. The van der Waals surface area contributed by atoms with Crippen LogP contribution in [0.4, 0.5) is 4.79 Å². The average Bonchev–Trinajstić information content (AvgIpc) is 3.52. The molecule has 2 aliphatic carbocycles. The molecule has 1 aliphatic heterocycles. The van der Waals surface area contributed by atoms with Crippen LogP contribution in [0.25, 0.3) is 10.9 Å². The number of carbonyl (C=O) groups excluding carboxylic acids is 2. The van der Waals surface area contributed by atoms with Gasteiger partial charge in [0.15, 0.2) is 0 Å². The van der Waals surface area contributed by atoms with Crippen LogP contribution in [0.15, 0.2) is 60.7 Å². The van der Waals surface area contributed by atoms with E-state index in [9.17, 15) is 9.59 Å². The Bertz CT molecular complexity index is 1220. The third-order valence-electron chi connectivity index (χ3n) is 7.35. The number of imide groups is 1. The number of ether oxygens (including phenoxy) is 1. The molecule has 6 rings (SSSR count). The van der Waals surface area contributed by atoms with Crippen LogP contribution in [-0.2, 0) is 11.4 Å². The summed E-state index contributed by atoms with van der Waals surface area (Å²) in [7, 11) is 0. The number of aromatic nitrogens is 1. The van der Waals surface area contributed by atoms with Crippen molar-refractivity contribution in [1.29, 1.82) is 0 Å². The summed E-state index contributed by atoms with van der Waals surface area (Å²) < 4.78 is 6.10. The Labute approximate surface area is 192 Å². The molecule has 168 valence electrons. The van der Waals surface area contributed by atoms with E-state index in [2.05, 4.69) is 5.32 Å². The first-order valence-electron chi connectivity index (χ1n) is 11.9. The minimum absolute atomic E-state index is 0.0365.